The Hall–Kier alpha value is -1.05. The number of carbonyl (C=O) groups excluding carboxylic acids is 1. The molecule has 148 valence electrons. The van der Waals surface area contributed by atoms with Gasteiger partial charge in [0.05, 0.1) is 4.90 Å². The van der Waals surface area contributed by atoms with E-state index in [0.29, 0.717) is 18.9 Å². The Bertz CT molecular complexity index is 784. The van der Waals surface area contributed by atoms with Crippen molar-refractivity contribution in [3.05, 3.63) is 30.3 Å². The van der Waals surface area contributed by atoms with Crippen LogP contribution in [0.25, 0.3) is 0 Å². The maximum Gasteiger partial charge on any atom is 0.241 e. The standard InChI is InChI=1S/C20H28N2O3S2/c1-26-8-7-19(22-27(24,25)15-5-3-2-4-6-15)20(23)21-12-14-9-13-10-16(14)18-11-17(13)18/h2-6,13-14,16-19,22H,7-12H2,1H3,(H,21,23). The molecule has 6 unspecified atom stereocenters. The molecule has 1 aromatic rings. The Labute approximate surface area is 166 Å². The molecule has 2 N–H and O–H groups in total. The molecule has 27 heavy (non-hydrogen) atoms. The summed E-state index contributed by atoms with van der Waals surface area (Å²) in [7, 11) is -3.70. The first kappa shape index (κ1) is 19.3. The van der Waals surface area contributed by atoms with Gasteiger partial charge >= 0.3 is 0 Å². The number of fused-ring (bicyclic) bond motifs is 5. The molecule has 3 fully saturated rings. The quantitative estimate of drug-likeness (QED) is 0.658. The van der Waals surface area contributed by atoms with Gasteiger partial charge in [-0.05, 0) is 79.4 Å². The summed E-state index contributed by atoms with van der Waals surface area (Å²) < 4.78 is 27.9. The number of thioether (sulfide) groups is 1. The van der Waals surface area contributed by atoms with E-state index in [1.165, 1.54) is 19.3 Å². The minimum absolute atomic E-state index is 0.194. The average Bonchev–Trinajstić information content (AvgIpc) is 3.28. The maximum atomic E-state index is 12.8. The number of benzene rings is 1. The van der Waals surface area contributed by atoms with Crippen LogP contribution in [0.5, 0.6) is 0 Å². The highest BCUT2D eigenvalue weighted by Gasteiger charge is 2.60. The molecular weight excluding hydrogens is 380 g/mol. The molecule has 3 aliphatic carbocycles. The van der Waals surface area contributed by atoms with E-state index in [1.54, 1.807) is 42.1 Å². The van der Waals surface area contributed by atoms with Gasteiger partial charge in [-0.1, -0.05) is 18.2 Å². The van der Waals surface area contributed by atoms with Crippen molar-refractivity contribution in [3.63, 3.8) is 0 Å². The van der Waals surface area contributed by atoms with E-state index < -0.39 is 16.1 Å². The summed E-state index contributed by atoms with van der Waals surface area (Å²) in [5.41, 5.74) is 0. The van der Waals surface area contributed by atoms with Gasteiger partial charge in [0, 0.05) is 6.54 Å². The van der Waals surface area contributed by atoms with Crippen LogP contribution in [-0.2, 0) is 14.8 Å². The third-order valence-corrected chi connectivity index (χ3v) is 8.78. The molecule has 0 aliphatic heterocycles. The van der Waals surface area contributed by atoms with Crippen LogP contribution in [0.2, 0.25) is 0 Å². The highest BCUT2D eigenvalue weighted by atomic mass is 32.2. The fraction of sp³-hybridized carbons (Fsp3) is 0.650. The van der Waals surface area contributed by atoms with Crippen molar-refractivity contribution in [1.82, 2.24) is 10.0 Å². The highest BCUT2D eigenvalue weighted by molar-refractivity contribution is 7.98. The molecule has 3 saturated carbocycles. The number of nitrogens with one attached hydrogen (secondary N) is 2. The third-order valence-electron chi connectivity index (χ3n) is 6.65. The molecule has 7 heteroatoms. The van der Waals surface area contributed by atoms with Gasteiger partial charge in [-0.25, -0.2) is 8.42 Å². The Kier molecular flexibility index (Phi) is 5.54. The first-order valence-corrected chi connectivity index (χ1v) is 12.7. The summed E-state index contributed by atoms with van der Waals surface area (Å²) in [5.74, 6) is 4.67. The summed E-state index contributed by atoms with van der Waals surface area (Å²) in [4.78, 5) is 13.0. The van der Waals surface area contributed by atoms with Crippen molar-refractivity contribution in [3.8, 4) is 0 Å². The number of carbonyl (C=O) groups is 1. The normalized spacial score (nSPS) is 32.1. The zero-order chi connectivity index (χ0) is 19.0. The largest absolute Gasteiger partial charge is 0.354 e. The molecule has 0 heterocycles. The van der Waals surface area contributed by atoms with Gasteiger partial charge < -0.3 is 5.32 Å². The van der Waals surface area contributed by atoms with Crippen LogP contribution in [0.1, 0.15) is 25.7 Å². The zero-order valence-corrected chi connectivity index (χ0v) is 17.3. The molecule has 0 spiro atoms. The number of rotatable bonds is 9. The van der Waals surface area contributed by atoms with Crippen molar-refractivity contribution in [1.29, 1.82) is 0 Å². The molecule has 5 nitrogen and oxygen atoms in total. The average molecular weight is 409 g/mol. The summed E-state index contributed by atoms with van der Waals surface area (Å²) in [5, 5.41) is 3.06. The second kappa shape index (κ2) is 7.76. The third kappa shape index (κ3) is 4.05. The molecule has 0 aromatic heterocycles. The number of hydrogen-bond acceptors (Lipinski definition) is 4. The Morgan fingerprint density at radius 3 is 2.59 bits per heavy atom. The Balaban J connectivity index is 1.36. The number of hydrogen-bond donors (Lipinski definition) is 2. The fourth-order valence-electron chi connectivity index (χ4n) is 5.27. The van der Waals surface area contributed by atoms with E-state index in [2.05, 4.69) is 10.0 Å². The first-order valence-electron chi connectivity index (χ1n) is 9.83. The Morgan fingerprint density at radius 1 is 1.15 bits per heavy atom. The van der Waals surface area contributed by atoms with Gasteiger partial charge in [-0.15, -0.1) is 0 Å². The van der Waals surface area contributed by atoms with Crippen molar-refractivity contribution < 1.29 is 13.2 Å². The van der Waals surface area contributed by atoms with Crippen molar-refractivity contribution in [2.24, 2.45) is 29.6 Å². The molecule has 2 bridgehead atoms. The smallest absolute Gasteiger partial charge is 0.241 e. The molecule has 3 aliphatic rings. The first-order chi connectivity index (χ1) is 13.0. The summed E-state index contributed by atoms with van der Waals surface area (Å²) in [6.07, 6.45) is 6.42. The molecule has 4 rings (SSSR count). The molecule has 6 atom stereocenters. The van der Waals surface area contributed by atoms with E-state index in [4.69, 9.17) is 0 Å². The van der Waals surface area contributed by atoms with Crippen molar-refractivity contribution >= 4 is 27.7 Å². The van der Waals surface area contributed by atoms with Gasteiger partial charge in [0.15, 0.2) is 0 Å². The van der Waals surface area contributed by atoms with E-state index in [-0.39, 0.29) is 10.8 Å². The molecule has 1 aromatic carbocycles. The van der Waals surface area contributed by atoms with Crippen LogP contribution >= 0.6 is 11.8 Å². The predicted octanol–water partition coefficient (Wildman–Crippen LogP) is 2.49. The monoisotopic (exact) mass is 408 g/mol. The van der Waals surface area contributed by atoms with Gasteiger partial charge in [0.25, 0.3) is 0 Å². The topological polar surface area (TPSA) is 75.3 Å². The van der Waals surface area contributed by atoms with Gasteiger partial charge in [-0.3, -0.25) is 4.79 Å². The lowest BCUT2D eigenvalue weighted by atomic mass is 9.88. The highest BCUT2D eigenvalue weighted by Crippen LogP contribution is 2.67. The van der Waals surface area contributed by atoms with Crippen LogP contribution in [0.15, 0.2) is 35.2 Å². The van der Waals surface area contributed by atoms with Crippen molar-refractivity contribution in [2.45, 2.75) is 36.6 Å². The maximum absolute atomic E-state index is 12.8. The van der Waals surface area contributed by atoms with Crippen LogP contribution < -0.4 is 10.0 Å². The molecule has 0 radical (unpaired) electrons. The minimum atomic E-state index is -3.70. The zero-order valence-electron chi connectivity index (χ0n) is 15.6. The van der Waals surface area contributed by atoms with Gasteiger partial charge in [0.2, 0.25) is 15.9 Å². The summed E-state index contributed by atoms with van der Waals surface area (Å²) >= 11 is 1.61. The lowest BCUT2D eigenvalue weighted by molar-refractivity contribution is -0.123. The second-order valence-electron chi connectivity index (χ2n) is 8.23. The van der Waals surface area contributed by atoms with Crippen LogP contribution in [0, 0.1) is 29.6 Å². The molecular formula is C20H28N2O3S2. The Morgan fingerprint density at radius 2 is 1.93 bits per heavy atom. The summed E-state index contributed by atoms with van der Waals surface area (Å²) in [6.45, 7) is 0.687. The fourth-order valence-corrected chi connectivity index (χ4v) is 6.99. The molecule has 1 amide bonds. The van der Waals surface area contributed by atoms with E-state index >= 15 is 0 Å². The van der Waals surface area contributed by atoms with E-state index in [1.807, 2.05) is 6.26 Å². The summed E-state index contributed by atoms with van der Waals surface area (Å²) in [6, 6.07) is 7.52. The SMILES string of the molecule is CSCCC(NS(=O)(=O)c1ccccc1)C(=O)NCC1CC2CC1C1CC21. The van der Waals surface area contributed by atoms with Crippen LogP contribution in [0.3, 0.4) is 0 Å². The number of amides is 1. The second-order valence-corrected chi connectivity index (χ2v) is 10.9. The van der Waals surface area contributed by atoms with Crippen molar-refractivity contribution in [2.75, 3.05) is 18.6 Å². The lowest BCUT2D eigenvalue weighted by Gasteiger charge is -2.24. The predicted molar refractivity (Wildman–Crippen MR) is 108 cm³/mol. The molecule has 0 saturated heterocycles. The van der Waals surface area contributed by atoms with Crippen LogP contribution in [0.4, 0.5) is 0 Å². The number of sulfonamides is 1. The van der Waals surface area contributed by atoms with E-state index in [0.717, 1.165) is 29.4 Å². The minimum Gasteiger partial charge on any atom is -0.354 e. The van der Waals surface area contributed by atoms with Gasteiger partial charge in [0.1, 0.15) is 6.04 Å². The van der Waals surface area contributed by atoms with E-state index in [9.17, 15) is 13.2 Å². The van der Waals surface area contributed by atoms with Crippen LogP contribution in [-0.4, -0.2) is 38.9 Å². The van der Waals surface area contributed by atoms with Gasteiger partial charge in [-0.2, -0.15) is 16.5 Å². The lowest BCUT2D eigenvalue weighted by Crippen LogP contribution is -2.48.